The van der Waals surface area contributed by atoms with Gasteiger partial charge in [0.25, 0.3) is 0 Å². The molecular weight excluding hydrogens is 146 g/mol. The number of ether oxygens (including phenoxy) is 1. The number of esters is 1. The van der Waals surface area contributed by atoms with Crippen LogP contribution in [0.1, 0.15) is 19.8 Å². The maximum Gasteiger partial charge on any atom is 0.334 e. The van der Waals surface area contributed by atoms with Crippen LogP contribution < -0.4 is 5.73 Å². The van der Waals surface area contributed by atoms with Crippen molar-refractivity contribution in [3.05, 3.63) is 0 Å². The summed E-state index contributed by atoms with van der Waals surface area (Å²) < 4.78 is 4.66. The molecule has 11 heavy (non-hydrogen) atoms. The Labute approximate surface area is 66.3 Å². The second-order valence-corrected chi connectivity index (χ2v) is 2.34. The second-order valence-electron chi connectivity index (χ2n) is 2.34. The van der Waals surface area contributed by atoms with Crippen LogP contribution in [0.2, 0.25) is 0 Å². The van der Waals surface area contributed by atoms with Gasteiger partial charge in [0.15, 0.2) is 0 Å². The zero-order chi connectivity index (χ0) is 8.69. The largest absolute Gasteiger partial charge is 0.464 e. The van der Waals surface area contributed by atoms with E-state index < -0.39 is 12.1 Å². The van der Waals surface area contributed by atoms with Gasteiger partial charge < -0.3 is 15.6 Å². The molecule has 66 valence electrons. The quantitative estimate of drug-likeness (QED) is 0.427. The minimum atomic E-state index is -1.02. The van der Waals surface area contributed by atoms with E-state index in [9.17, 15) is 4.79 Å². The highest BCUT2D eigenvalue weighted by atomic mass is 16.5. The van der Waals surface area contributed by atoms with Gasteiger partial charge in [-0.05, 0) is 26.3 Å². The number of aliphatic hydroxyl groups excluding tert-OH is 1. The predicted octanol–water partition coefficient (Wildman–Crippen LogP) is -0.351. The Bertz CT molecular complexity index is 114. The summed E-state index contributed by atoms with van der Waals surface area (Å²) in [7, 11) is 0. The van der Waals surface area contributed by atoms with Crippen LogP contribution in [0.5, 0.6) is 0 Å². The molecule has 0 aromatic heterocycles. The van der Waals surface area contributed by atoms with Crippen LogP contribution in [-0.2, 0) is 9.53 Å². The molecule has 3 N–H and O–H groups in total. The van der Waals surface area contributed by atoms with Gasteiger partial charge in [-0.15, -0.1) is 0 Å². The molecule has 0 aliphatic rings. The van der Waals surface area contributed by atoms with Gasteiger partial charge in [0.05, 0.1) is 6.61 Å². The molecule has 4 nitrogen and oxygen atoms in total. The highest BCUT2D eigenvalue weighted by Crippen LogP contribution is 1.91. The molecule has 0 rings (SSSR count). The molecule has 0 heterocycles. The molecule has 0 aromatic rings. The third-order valence-corrected chi connectivity index (χ3v) is 1.18. The van der Waals surface area contributed by atoms with Gasteiger partial charge in [-0.1, -0.05) is 0 Å². The summed E-state index contributed by atoms with van der Waals surface area (Å²) in [4.78, 5) is 10.6. The van der Waals surface area contributed by atoms with Crippen molar-refractivity contribution in [3.8, 4) is 0 Å². The summed E-state index contributed by atoms with van der Waals surface area (Å²) in [5, 5.41) is 8.68. The molecule has 0 aliphatic heterocycles. The van der Waals surface area contributed by atoms with Crippen molar-refractivity contribution in [3.63, 3.8) is 0 Å². The average molecular weight is 161 g/mol. The van der Waals surface area contributed by atoms with Crippen molar-refractivity contribution in [2.45, 2.75) is 25.9 Å². The Morgan fingerprint density at radius 3 is 2.73 bits per heavy atom. The fourth-order valence-electron chi connectivity index (χ4n) is 0.540. The number of hydrogen-bond acceptors (Lipinski definition) is 4. The molecule has 0 saturated heterocycles. The Hall–Kier alpha value is -0.610. The third-order valence-electron chi connectivity index (χ3n) is 1.18. The van der Waals surface area contributed by atoms with Crippen molar-refractivity contribution in [2.24, 2.45) is 5.73 Å². The Morgan fingerprint density at radius 2 is 2.27 bits per heavy atom. The number of nitrogens with two attached hydrogens (primary N) is 1. The fraction of sp³-hybridized carbons (Fsp3) is 0.857. The summed E-state index contributed by atoms with van der Waals surface area (Å²) in [6, 6.07) is 0. The van der Waals surface area contributed by atoms with E-state index in [2.05, 4.69) is 4.74 Å². The minimum absolute atomic E-state index is 0.348. The summed E-state index contributed by atoms with van der Waals surface area (Å²) in [5.41, 5.74) is 5.22. The second kappa shape index (κ2) is 6.12. The lowest BCUT2D eigenvalue weighted by Crippen LogP contribution is -2.19. The summed E-state index contributed by atoms with van der Waals surface area (Å²) in [6.45, 7) is 2.33. The van der Waals surface area contributed by atoms with Crippen molar-refractivity contribution in [1.29, 1.82) is 0 Å². The highest BCUT2D eigenvalue weighted by molar-refractivity contribution is 5.73. The monoisotopic (exact) mass is 161 g/mol. The van der Waals surface area contributed by atoms with Crippen LogP contribution in [0.4, 0.5) is 0 Å². The minimum Gasteiger partial charge on any atom is -0.464 e. The van der Waals surface area contributed by atoms with E-state index >= 15 is 0 Å². The standard InChI is InChI=1S/C7H15NO3/c1-6(9)7(10)11-5-3-2-4-8/h6,9H,2-5,8H2,1H3. The highest BCUT2D eigenvalue weighted by Gasteiger charge is 2.08. The molecule has 0 spiro atoms. The van der Waals surface area contributed by atoms with Crippen molar-refractivity contribution < 1.29 is 14.6 Å². The maximum atomic E-state index is 10.6. The van der Waals surface area contributed by atoms with Crippen molar-refractivity contribution in [2.75, 3.05) is 13.2 Å². The van der Waals surface area contributed by atoms with Gasteiger partial charge in [0.2, 0.25) is 0 Å². The molecule has 1 atom stereocenters. The molecule has 0 radical (unpaired) electrons. The Morgan fingerprint density at radius 1 is 1.64 bits per heavy atom. The van der Waals surface area contributed by atoms with Crippen LogP contribution in [0, 0.1) is 0 Å². The smallest absolute Gasteiger partial charge is 0.334 e. The van der Waals surface area contributed by atoms with Gasteiger partial charge in [-0.2, -0.15) is 0 Å². The maximum absolute atomic E-state index is 10.6. The Balaban J connectivity index is 3.18. The van der Waals surface area contributed by atoms with Crippen LogP contribution in [0.3, 0.4) is 0 Å². The summed E-state index contributed by atoms with van der Waals surface area (Å²) >= 11 is 0. The lowest BCUT2D eigenvalue weighted by Gasteiger charge is -2.04. The van der Waals surface area contributed by atoms with Gasteiger partial charge in [-0.3, -0.25) is 0 Å². The van der Waals surface area contributed by atoms with Crippen LogP contribution >= 0.6 is 0 Å². The van der Waals surface area contributed by atoms with Gasteiger partial charge >= 0.3 is 5.97 Å². The third kappa shape index (κ3) is 5.82. The van der Waals surface area contributed by atoms with Crippen LogP contribution in [0.15, 0.2) is 0 Å². The number of aliphatic hydroxyl groups is 1. The molecule has 0 aliphatic carbocycles. The number of hydrogen-bond donors (Lipinski definition) is 2. The first-order chi connectivity index (χ1) is 5.18. The van der Waals surface area contributed by atoms with Gasteiger partial charge in [0.1, 0.15) is 6.10 Å². The molecule has 1 unspecified atom stereocenters. The van der Waals surface area contributed by atoms with Crippen LogP contribution in [-0.4, -0.2) is 30.3 Å². The van der Waals surface area contributed by atoms with Gasteiger partial charge in [-0.25, -0.2) is 4.79 Å². The lowest BCUT2D eigenvalue weighted by molar-refractivity contribution is -0.152. The van der Waals surface area contributed by atoms with E-state index in [1.807, 2.05) is 0 Å². The first kappa shape index (κ1) is 10.4. The molecule has 0 saturated carbocycles. The fourth-order valence-corrected chi connectivity index (χ4v) is 0.540. The first-order valence-electron chi connectivity index (χ1n) is 3.73. The van der Waals surface area contributed by atoms with E-state index in [0.717, 1.165) is 12.8 Å². The van der Waals surface area contributed by atoms with E-state index in [1.54, 1.807) is 0 Å². The number of carbonyl (C=O) groups excluding carboxylic acids is 1. The van der Waals surface area contributed by atoms with E-state index in [4.69, 9.17) is 10.8 Å². The van der Waals surface area contributed by atoms with Crippen LogP contribution in [0.25, 0.3) is 0 Å². The number of unbranched alkanes of at least 4 members (excludes halogenated alkanes) is 1. The number of carbonyl (C=O) groups is 1. The Kier molecular flexibility index (Phi) is 5.78. The van der Waals surface area contributed by atoms with Crippen molar-refractivity contribution in [1.82, 2.24) is 0 Å². The molecule has 4 heteroatoms. The van der Waals surface area contributed by atoms with E-state index in [-0.39, 0.29) is 0 Å². The normalized spacial score (nSPS) is 12.6. The lowest BCUT2D eigenvalue weighted by atomic mass is 10.3. The SMILES string of the molecule is CC(O)C(=O)OCCCCN. The molecule has 0 bridgehead atoms. The van der Waals surface area contributed by atoms with Crippen molar-refractivity contribution >= 4 is 5.97 Å². The van der Waals surface area contributed by atoms with E-state index in [0.29, 0.717) is 13.2 Å². The first-order valence-corrected chi connectivity index (χ1v) is 3.73. The topological polar surface area (TPSA) is 72.5 Å². The number of rotatable bonds is 5. The zero-order valence-electron chi connectivity index (χ0n) is 6.75. The predicted molar refractivity (Wildman–Crippen MR) is 40.9 cm³/mol. The molecular formula is C7H15NO3. The average Bonchev–Trinajstić information content (AvgIpc) is 1.97. The zero-order valence-corrected chi connectivity index (χ0v) is 6.75. The molecule has 0 amide bonds. The molecule has 0 aromatic carbocycles. The summed E-state index contributed by atoms with van der Waals surface area (Å²) in [6.07, 6.45) is 0.579. The molecule has 0 fully saturated rings. The van der Waals surface area contributed by atoms with E-state index in [1.165, 1.54) is 6.92 Å². The summed E-state index contributed by atoms with van der Waals surface area (Å²) in [5.74, 6) is -0.568. The van der Waals surface area contributed by atoms with Gasteiger partial charge in [0, 0.05) is 0 Å².